The quantitative estimate of drug-likeness (QED) is 0.743. The Kier molecular flexibility index (Phi) is 8.03. The molecular weight excluding hydrogens is 375 g/mol. The van der Waals surface area contributed by atoms with Crippen LogP contribution in [0.4, 0.5) is 0 Å². The molecular formula is C16H27IN4. The minimum absolute atomic E-state index is 0. The highest BCUT2D eigenvalue weighted by atomic mass is 127. The summed E-state index contributed by atoms with van der Waals surface area (Å²) in [4.78, 5) is 9.02. The summed E-state index contributed by atoms with van der Waals surface area (Å²) >= 11 is 0. The topological polar surface area (TPSA) is 30.9 Å². The van der Waals surface area contributed by atoms with Crippen LogP contribution in [-0.2, 0) is 13.1 Å². The smallest absolute Gasteiger partial charge is 0.194 e. The molecule has 0 spiro atoms. The van der Waals surface area contributed by atoms with Gasteiger partial charge in [-0.05, 0) is 24.2 Å². The molecule has 0 fully saturated rings. The molecule has 0 aliphatic carbocycles. The summed E-state index contributed by atoms with van der Waals surface area (Å²) in [5.41, 5.74) is 2.68. The van der Waals surface area contributed by atoms with Gasteiger partial charge in [0.1, 0.15) is 0 Å². The van der Waals surface area contributed by atoms with Crippen molar-refractivity contribution in [2.24, 2.45) is 4.99 Å². The Morgan fingerprint density at radius 1 is 1.14 bits per heavy atom. The van der Waals surface area contributed by atoms with Crippen molar-refractivity contribution in [3.05, 3.63) is 35.4 Å². The number of aliphatic imine (C=N–C) groups is 1. The third-order valence-corrected chi connectivity index (χ3v) is 3.83. The second-order valence-electron chi connectivity index (χ2n) is 5.26. The highest BCUT2D eigenvalue weighted by molar-refractivity contribution is 14.0. The average molecular weight is 402 g/mol. The van der Waals surface area contributed by atoms with Gasteiger partial charge in [0.15, 0.2) is 5.96 Å². The Balaban J connectivity index is 0.00000220. The molecule has 0 bridgehead atoms. The molecule has 4 nitrogen and oxygen atoms in total. The molecule has 1 N–H and O–H groups in total. The average Bonchev–Trinajstić information content (AvgIpc) is 2.89. The Morgan fingerprint density at radius 2 is 1.76 bits per heavy atom. The normalized spacial score (nSPS) is 14.1. The molecule has 0 aromatic heterocycles. The highest BCUT2D eigenvalue weighted by Crippen LogP contribution is 2.08. The van der Waals surface area contributed by atoms with Gasteiger partial charge in [0, 0.05) is 26.7 Å². The number of likely N-dealkylation sites (N-methyl/N-ethyl adjacent to an activating group) is 1. The van der Waals surface area contributed by atoms with Gasteiger partial charge in [-0.15, -0.1) is 24.0 Å². The van der Waals surface area contributed by atoms with Crippen LogP contribution in [0, 0.1) is 0 Å². The zero-order chi connectivity index (χ0) is 14.4. The Hall–Kier alpha value is -0.820. The molecule has 0 radical (unpaired) electrons. The summed E-state index contributed by atoms with van der Waals surface area (Å²) in [7, 11) is 2.08. The molecule has 0 atom stereocenters. The second kappa shape index (κ2) is 9.25. The summed E-state index contributed by atoms with van der Waals surface area (Å²) in [6, 6.07) is 8.88. The van der Waals surface area contributed by atoms with Crippen LogP contribution in [0.2, 0.25) is 0 Å². The van der Waals surface area contributed by atoms with E-state index in [4.69, 9.17) is 0 Å². The van der Waals surface area contributed by atoms with Gasteiger partial charge in [-0.2, -0.15) is 0 Å². The first-order valence-electron chi connectivity index (χ1n) is 7.52. The van der Waals surface area contributed by atoms with E-state index in [0.717, 1.165) is 45.2 Å². The van der Waals surface area contributed by atoms with Gasteiger partial charge in [-0.3, -0.25) is 9.89 Å². The molecule has 0 unspecified atom stereocenters. The molecule has 2 rings (SSSR count). The highest BCUT2D eigenvalue weighted by Gasteiger charge is 2.11. The summed E-state index contributed by atoms with van der Waals surface area (Å²) in [5, 5.41) is 3.40. The lowest BCUT2D eigenvalue weighted by Crippen LogP contribution is -2.35. The van der Waals surface area contributed by atoms with Crippen LogP contribution in [0.1, 0.15) is 25.0 Å². The van der Waals surface area contributed by atoms with E-state index in [1.54, 1.807) is 0 Å². The monoisotopic (exact) mass is 402 g/mol. The number of benzene rings is 1. The second-order valence-corrected chi connectivity index (χ2v) is 5.26. The molecule has 1 aromatic carbocycles. The van der Waals surface area contributed by atoms with Gasteiger partial charge in [0.2, 0.25) is 0 Å². The number of hydrogen-bond donors (Lipinski definition) is 1. The van der Waals surface area contributed by atoms with Crippen molar-refractivity contribution in [3.8, 4) is 0 Å². The van der Waals surface area contributed by atoms with Crippen LogP contribution in [-0.4, -0.2) is 49.0 Å². The zero-order valence-electron chi connectivity index (χ0n) is 13.3. The number of nitrogens with one attached hydrogen (secondary N) is 1. The lowest BCUT2D eigenvalue weighted by molar-refractivity contribution is 0.296. The molecule has 1 aromatic rings. The van der Waals surface area contributed by atoms with E-state index in [1.807, 2.05) is 0 Å². The number of rotatable bonds is 6. The molecule has 0 saturated heterocycles. The standard InChI is InChI=1S/C16H26N4.HI/c1-4-20(5-2)13-15-8-6-14(7-9-15)12-18-16-17-10-11-19(16)3;/h6-9H,4-5,10-13H2,1-3H3,(H,17,18);1H. The van der Waals surface area contributed by atoms with Gasteiger partial charge in [0.05, 0.1) is 6.54 Å². The summed E-state index contributed by atoms with van der Waals surface area (Å²) in [6.07, 6.45) is 0. The Labute approximate surface area is 145 Å². The van der Waals surface area contributed by atoms with Gasteiger partial charge in [-0.1, -0.05) is 38.1 Å². The number of hydrogen-bond acceptors (Lipinski definition) is 4. The predicted molar refractivity (Wildman–Crippen MR) is 100 cm³/mol. The third kappa shape index (κ3) is 5.47. The van der Waals surface area contributed by atoms with Crippen LogP contribution in [0.25, 0.3) is 0 Å². The van der Waals surface area contributed by atoms with Crippen LogP contribution < -0.4 is 5.32 Å². The first kappa shape index (κ1) is 18.2. The van der Waals surface area contributed by atoms with Crippen molar-refractivity contribution >= 4 is 29.9 Å². The molecule has 0 amide bonds. The predicted octanol–water partition coefficient (Wildman–Crippen LogP) is 2.54. The molecule has 0 saturated carbocycles. The maximum absolute atomic E-state index is 4.44. The van der Waals surface area contributed by atoms with Gasteiger partial charge >= 0.3 is 0 Å². The number of guanidine groups is 1. The van der Waals surface area contributed by atoms with E-state index in [0.29, 0.717) is 0 Å². The largest absolute Gasteiger partial charge is 0.352 e. The summed E-state index contributed by atoms with van der Waals surface area (Å²) in [5.74, 6) is 1.01. The lowest BCUT2D eigenvalue weighted by Gasteiger charge is -2.18. The minimum Gasteiger partial charge on any atom is -0.352 e. The van der Waals surface area contributed by atoms with Crippen LogP contribution in [0.5, 0.6) is 0 Å². The maximum atomic E-state index is 4.44. The van der Waals surface area contributed by atoms with E-state index >= 15 is 0 Å². The maximum Gasteiger partial charge on any atom is 0.194 e. The molecule has 1 aliphatic heterocycles. The van der Waals surface area contributed by atoms with Crippen molar-refractivity contribution < 1.29 is 0 Å². The van der Waals surface area contributed by atoms with E-state index < -0.39 is 0 Å². The fourth-order valence-corrected chi connectivity index (χ4v) is 2.37. The lowest BCUT2D eigenvalue weighted by atomic mass is 10.1. The van der Waals surface area contributed by atoms with E-state index in [-0.39, 0.29) is 24.0 Å². The van der Waals surface area contributed by atoms with E-state index in [1.165, 1.54) is 11.1 Å². The van der Waals surface area contributed by atoms with Gasteiger partial charge < -0.3 is 10.2 Å². The Bertz CT molecular complexity index is 440. The fraction of sp³-hybridized carbons (Fsp3) is 0.562. The molecule has 5 heteroatoms. The molecule has 1 aliphatic rings. The zero-order valence-corrected chi connectivity index (χ0v) is 15.6. The van der Waals surface area contributed by atoms with E-state index in [2.05, 4.69) is 65.3 Å². The Morgan fingerprint density at radius 3 is 2.29 bits per heavy atom. The van der Waals surface area contributed by atoms with Gasteiger partial charge in [-0.25, -0.2) is 0 Å². The van der Waals surface area contributed by atoms with E-state index in [9.17, 15) is 0 Å². The first-order chi connectivity index (χ1) is 9.72. The molecule has 21 heavy (non-hydrogen) atoms. The van der Waals surface area contributed by atoms with Crippen LogP contribution in [0.3, 0.4) is 0 Å². The summed E-state index contributed by atoms with van der Waals surface area (Å²) in [6.45, 7) is 10.4. The van der Waals surface area contributed by atoms with Crippen LogP contribution in [0.15, 0.2) is 29.3 Å². The number of nitrogens with zero attached hydrogens (tertiary/aromatic N) is 3. The SMILES string of the molecule is CCN(CC)Cc1ccc(CNC2=NCCN2C)cc1.I. The minimum atomic E-state index is 0. The summed E-state index contributed by atoms with van der Waals surface area (Å²) < 4.78 is 0. The van der Waals surface area contributed by atoms with Crippen molar-refractivity contribution in [2.45, 2.75) is 26.9 Å². The van der Waals surface area contributed by atoms with Crippen LogP contribution >= 0.6 is 24.0 Å². The molecule has 118 valence electrons. The van der Waals surface area contributed by atoms with Crippen molar-refractivity contribution in [2.75, 3.05) is 33.2 Å². The van der Waals surface area contributed by atoms with Crippen molar-refractivity contribution in [1.29, 1.82) is 0 Å². The third-order valence-electron chi connectivity index (χ3n) is 3.83. The van der Waals surface area contributed by atoms with Crippen molar-refractivity contribution in [1.82, 2.24) is 15.1 Å². The molecule has 1 heterocycles. The van der Waals surface area contributed by atoms with Gasteiger partial charge in [0.25, 0.3) is 0 Å². The fourth-order valence-electron chi connectivity index (χ4n) is 2.37. The van der Waals surface area contributed by atoms with Crippen molar-refractivity contribution in [3.63, 3.8) is 0 Å². The first-order valence-corrected chi connectivity index (χ1v) is 7.52. The number of halogens is 1.